The van der Waals surface area contributed by atoms with Crippen LogP contribution in [0.3, 0.4) is 0 Å². The van der Waals surface area contributed by atoms with Crippen molar-refractivity contribution in [2.75, 3.05) is 33.0 Å². The van der Waals surface area contributed by atoms with Gasteiger partial charge in [0.25, 0.3) is 0 Å². The summed E-state index contributed by atoms with van der Waals surface area (Å²) in [6, 6.07) is 0.927. The molecule has 8 heteroatoms. The van der Waals surface area contributed by atoms with E-state index in [0.29, 0.717) is 44.6 Å². The lowest BCUT2D eigenvalue weighted by Gasteiger charge is -2.37. The lowest BCUT2D eigenvalue weighted by molar-refractivity contribution is 0.0699. The molecule has 0 bridgehead atoms. The molecule has 0 radical (unpaired) electrons. The van der Waals surface area contributed by atoms with Crippen molar-refractivity contribution in [2.24, 2.45) is 5.92 Å². The van der Waals surface area contributed by atoms with Gasteiger partial charge >= 0.3 is 17.4 Å². The van der Waals surface area contributed by atoms with E-state index in [0.717, 1.165) is 6.04 Å². The SMILES string of the molecule is CCO[Si](CC(C)C)(C[Si](OCC)(OCC)OCC)OCC.Cl. The molecule has 0 amide bonds. The van der Waals surface area contributed by atoms with Gasteiger partial charge in [-0.05, 0) is 46.6 Å². The smallest absolute Gasteiger partial charge is 0.394 e. The summed E-state index contributed by atoms with van der Waals surface area (Å²) < 4.78 is 30.4. The molecule has 0 saturated carbocycles. The number of halogens is 1. The Morgan fingerprint density at radius 3 is 1.26 bits per heavy atom. The highest BCUT2D eigenvalue weighted by Gasteiger charge is 2.53. The van der Waals surface area contributed by atoms with Gasteiger partial charge in [0, 0.05) is 33.0 Å². The summed E-state index contributed by atoms with van der Waals surface area (Å²) in [5.41, 5.74) is 0.662. The maximum Gasteiger partial charge on any atom is 0.502 e. The second-order valence-corrected chi connectivity index (χ2v) is 12.0. The normalized spacial score (nSPS) is 12.5. The van der Waals surface area contributed by atoms with Gasteiger partial charge in [0.05, 0.1) is 5.67 Å². The first-order chi connectivity index (χ1) is 10.4. The van der Waals surface area contributed by atoms with E-state index < -0.39 is 17.4 Å². The van der Waals surface area contributed by atoms with Crippen LogP contribution < -0.4 is 0 Å². The first-order valence-electron chi connectivity index (χ1n) is 8.62. The van der Waals surface area contributed by atoms with Crippen molar-refractivity contribution in [1.82, 2.24) is 0 Å². The predicted octanol–water partition coefficient (Wildman–Crippen LogP) is 4.17. The molecule has 0 rings (SSSR count). The fourth-order valence-electron chi connectivity index (χ4n) is 2.75. The Bertz CT molecular complexity index is 260. The third kappa shape index (κ3) is 9.55. The van der Waals surface area contributed by atoms with E-state index in [1.807, 2.05) is 34.6 Å². The summed E-state index contributed by atoms with van der Waals surface area (Å²) in [6.45, 7) is 17.4. The molecule has 0 aliphatic rings. The largest absolute Gasteiger partial charge is 0.502 e. The van der Waals surface area contributed by atoms with Crippen LogP contribution in [0.15, 0.2) is 0 Å². The van der Waals surface area contributed by atoms with Crippen LogP contribution in [0.4, 0.5) is 0 Å². The van der Waals surface area contributed by atoms with Crippen LogP contribution in [0.1, 0.15) is 48.5 Å². The van der Waals surface area contributed by atoms with Gasteiger partial charge in [0.1, 0.15) is 0 Å². The van der Waals surface area contributed by atoms with Crippen molar-refractivity contribution >= 4 is 29.8 Å². The summed E-state index contributed by atoms with van der Waals surface area (Å²) in [5.74, 6) is 0.501. The van der Waals surface area contributed by atoms with E-state index in [2.05, 4.69) is 13.8 Å². The molecule has 0 heterocycles. The van der Waals surface area contributed by atoms with Gasteiger partial charge in [0.15, 0.2) is 0 Å². The summed E-state index contributed by atoms with van der Waals surface area (Å²) >= 11 is 0. The minimum Gasteiger partial charge on any atom is -0.394 e. The average molecular weight is 389 g/mol. The highest BCUT2D eigenvalue weighted by atomic mass is 35.5. The lowest BCUT2D eigenvalue weighted by Crippen LogP contribution is -2.57. The molecule has 142 valence electrons. The van der Waals surface area contributed by atoms with E-state index in [1.54, 1.807) is 0 Å². The monoisotopic (exact) mass is 388 g/mol. The zero-order valence-corrected chi connectivity index (χ0v) is 18.8. The van der Waals surface area contributed by atoms with E-state index >= 15 is 0 Å². The van der Waals surface area contributed by atoms with Crippen molar-refractivity contribution < 1.29 is 22.1 Å². The van der Waals surface area contributed by atoms with Crippen LogP contribution in [-0.4, -0.2) is 50.4 Å². The molecule has 0 atom stereocenters. The topological polar surface area (TPSA) is 46.2 Å². The van der Waals surface area contributed by atoms with Crippen LogP contribution in [0, 0.1) is 5.92 Å². The van der Waals surface area contributed by atoms with Gasteiger partial charge in [0.2, 0.25) is 0 Å². The minimum absolute atomic E-state index is 0. The Morgan fingerprint density at radius 1 is 0.652 bits per heavy atom. The van der Waals surface area contributed by atoms with Crippen molar-refractivity contribution in [2.45, 2.75) is 60.2 Å². The molecule has 0 aromatic carbocycles. The van der Waals surface area contributed by atoms with Gasteiger partial charge in [-0.2, -0.15) is 0 Å². The zero-order chi connectivity index (χ0) is 17.1. The zero-order valence-electron chi connectivity index (χ0n) is 16.0. The van der Waals surface area contributed by atoms with Crippen molar-refractivity contribution in [3.63, 3.8) is 0 Å². The van der Waals surface area contributed by atoms with Gasteiger partial charge in [-0.25, -0.2) is 0 Å². The lowest BCUT2D eigenvalue weighted by atomic mass is 10.3. The molecule has 0 aromatic heterocycles. The standard InChI is InChI=1S/C15H36O5Si2.ClH/c1-8-16-21(17-9-2,13-15(6)7)14-22(18-10-3,19-11-4)20-12-5;/h15H,8-14H2,1-7H3;1H. The summed E-state index contributed by atoms with van der Waals surface area (Å²) in [6.07, 6.45) is 0. The van der Waals surface area contributed by atoms with Gasteiger partial charge < -0.3 is 22.1 Å². The van der Waals surface area contributed by atoms with Crippen molar-refractivity contribution in [3.05, 3.63) is 0 Å². The van der Waals surface area contributed by atoms with Crippen molar-refractivity contribution in [1.29, 1.82) is 0 Å². The fraction of sp³-hybridized carbons (Fsp3) is 1.00. The molecular weight excluding hydrogens is 352 g/mol. The quantitative estimate of drug-likeness (QED) is 0.418. The highest BCUT2D eigenvalue weighted by Crippen LogP contribution is 2.31. The minimum atomic E-state index is -2.76. The molecule has 0 unspecified atom stereocenters. The molecule has 23 heavy (non-hydrogen) atoms. The molecule has 0 saturated heterocycles. The first kappa shape index (κ1) is 25.8. The molecule has 0 aliphatic carbocycles. The van der Waals surface area contributed by atoms with Crippen LogP contribution in [0.5, 0.6) is 0 Å². The third-order valence-corrected chi connectivity index (χ3v) is 12.3. The highest BCUT2D eigenvalue weighted by molar-refractivity contribution is 6.83. The maximum atomic E-state index is 6.19. The molecule has 0 aliphatic heterocycles. The second-order valence-electron chi connectivity index (χ2n) is 5.53. The summed E-state index contributed by atoms with van der Waals surface area (Å²) in [5, 5.41) is 0. The number of hydrogen-bond donors (Lipinski definition) is 0. The summed E-state index contributed by atoms with van der Waals surface area (Å²) in [4.78, 5) is 0. The summed E-state index contributed by atoms with van der Waals surface area (Å²) in [7, 11) is -5.18. The molecule has 0 fully saturated rings. The van der Waals surface area contributed by atoms with E-state index in [-0.39, 0.29) is 12.4 Å². The predicted molar refractivity (Wildman–Crippen MR) is 101 cm³/mol. The van der Waals surface area contributed by atoms with Crippen molar-refractivity contribution in [3.8, 4) is 0 Å². The van der Waals surface area contributed by atoms with Gasteiger partial charge in [-0.15, -0.1) is 12.4 Å². The second kappa shape index (κ2) is 13.8. The first-order valence-corrected chi connectivity index (χ1v) is 12.8. The van der Waals surface area contributed by atoms with Gasteiger partial charge in [-0.3, -0.25) is 0 Å². The third-order valence-electron chi connectivity index (χ3n) is 3.11. The molecule has 5 nitrogen and oxygen atoms in total. The Morgan fingerprint density at radius 2 is 1.00 bits per heavy atom. The van der Waals surface area contributed by atoms with E-state index in [9.17, 15) is 0 Å². The molecule has 0 spiro atoms. The average Bonchev–Trinajstić information content (AvgIpc) is 2.39. The maximum absolute atomic E-state index is 6.19. The Kier molecular flexibility index (Phi) is 15.4. The van der Waals surface area contributed by atoms with Crippen LogP contribution in [0.2, 0.25) is 11.7 Å². The molecule has 0 aromatic rings. The molecule has 0 N–H and O–H groups in total. The Labute approximate surface area is 151 Å². The Balaban J connectivity index is 0. The number of rotatable bonds is 14. The van der Waals surface area contributed by atoms with Crippen LogP contribution in [0.25, 0.3) is 0 Å². The van der Waals surface area contributed by atoms with Crippen LogP contribution >= 0.6 is 12.4 Å². The fourth-order valence-corrected chi connectivity index (χ4v) is 12.2. The number of hydrogen-bond acceptors (Lipinski definition) is 5. The van der Waals surface area contributed by atoms with Gasteiger partial charge in [-0.1, -0.05) is 13.8 Å². The Hall–Kier alpha value is 0.524. The van der Waals surface area contributed by atoms with E-state index in [4.69, 9.17) is 22.1 Å². The van der Waals surface area contributed by atoms with E-state index in [1.165, 1.54) is 0 Å². The molecular formula is C15H37ClO5Si2. The van der Waals surface area contributed by atoms with Crippen LogP contribution in [-0.2, 0) is 22.1 Å².